The number of hydrogen-bond acceptors (Lipinski definition) is 6. The van der Waals surface area contributed by atoms with Crippen molar-refractivity contribution in [2.24, 2.45) is 5.73 Å². The molecule has 0 heterocycles. The lowest BCUT2D eigenvalue weighted by Crippen LogP contribution is -2.47. The van der Waals surface area contributed by atoms with E-state index in [0.29, 0.717) is 11.1 Å². The van der Waals surface area contributed by atoms with Gasteiger partial charge in [0, 0.05) is 12.0 Å². The van der Waals surface area contributed by atoms with Gasteiger partial charge in [0.05, 0.1) is 18.6 Å². The van der Waals surface area contributed by atoms with E-state index in [1.807, 2.05) is 6.92 Å². The first kappa shape index (κ1) is 23.0. The first-order chi connectivity index (χ1) is 14.1. The first-order valence-electron chi connectivity index (χ1n) is 8.99. The summed E-state index contributed by atoms with van der Waals surface area (Å²) in [5, 5.41) is 9.88. The zero-order chi connectivity index (χ0) is 22.3. The average Bonchev–Trinajstić information content (AvgIpc) is 2.72. The Hall–Kier alpha value is -3.24. The molecule has 0 aliphatic rings. The van der Waals surface area contributed by atoms with E-state index >= 15 is 0 Å². The fourth-order valence-electron chi connectivity index (χ4n) is 2.60. The number of esters is 1. The predicted octanol–water partition coefficient (Wildman–Crippen LogP) is 0.458. The van der Waals surface area contributed by atoms with Gasteiger partial charge in [0.25, 0.3) is 0 Å². The molecule has 0 radical (unpaired) electrons. The Morgan fingerprint density at radius 1 is 1.10 bits per heavy atom. The molecular weight excluding hydrogens is 408 g/mol. The van der Waals surface area contributed by atoms with Crippen molar-refractivity contribution in [1.29, 1.82) is 5.41 Å². The molecule has 0 aliphatic heterocycles. The van der Waals surface area contributed by atoms with Gasteiger partial charge < -0.3 is 15.8 Å². The van der Waals surface area contributed by atoms with E-state index in [2.05, 4.69) is 10.0 Å². The van der Waals surface area contributed by atoms with Crippen molar-refractivity contribution in [3.8, 4) is 0 Å². The molecule has 160 valence electrons. The Bertz CT molecular complexity index is 1020. The number of nitrogens with two attached hydrogens (primary N) is 1. The molecule has 1 amide bonds. The van der Waals surface area contributed by atoms with Gasteiger partial charge in [-0.3, -0.25) is 10.2 Å². The Balaban J connectivity index is 2.01. The second-order valence-corrected chi connectivity index (χ2v) is 8.36. The maximum atomic E-state index is 12.3. The zero-order valence-electron chi connectivity index (χ0n) is 16.6. The van der Waals surface area contributed by atoms with Gasteiger partial charge in [-0.15, -0.1) is 0 Å². The van der Waals surface area contributed by atoms with Crippen LogP contribution in [0.15, 0.2) is 53.4 Å². The summed E-state index contributed by atoms with van der Waals surface area (Å²) < 4.78 is 31.5. The first-order valence-corrected chi connectivity index (χ1v) is 10.5. The van der Waals surface area contributed by atoms with E-state index in [1.165, 1.54) is 19.2 Å². The number of sulfonamides is 1. The molecule has 1 atom stereocenters. The number of benzene rings is 2. The Morgan fingerprint density at radius 2 is 1.70 bits per heavy atom. The topological polar surface area (TPSA) is 151 Å². The highest BCUT2D eigenvalue weighted by molar-refractivity contribution is 7.89. The Kier molecular flexibility index (Phi) is 7.67. The van der Waals surface area contributed by atoms with Gasteiger partial charge in [0.2, 0.25) is 15.9 Å². The molecule has 2 aromatic carbocycles. The van der Waals surface area contributed by atoms with Gasteiger partial charge in [-0.1, -0.05) is 42.0 Å². The summed E-state index contributed by atoms with van der Waals surface area (Å²) in [4.78, 5) is 24.3. The van der Waals surface area contributed by atoms with E-state index in [-0.39, 0.29) is 17.2 Å². The van der Waals surface area contributed by atoms with Gasteiger partial charge in [-0.2, -0.15) is 0 Å². The molecule has 0 aromatic heterocycles. The summed E-state index contributed by atoms with van der Waals surface area (Å²) in [6, 6.07) is 11.8. The molecule has 5 N–H and O–H groups in total. The highest BCUT2D eigenvalue weighted by Gasteiger charge is 2.23. The van der Waals surface area contributed by atoms with Crippen molar-refractivity contribution >= 4 is 27.7 Å². The van der Waals surface area contributed by atoms with E-state index in [1.54, 1.807) is 36.4 Å². The minimum Gasteiger partial charge on any atom is -0.467 e. The largest absolute Gasteiger partial charge is 0.467 e. The standard InChI is InChI=1S/C20H24N4O5S/c1-13-3-9-16(10-4-13)30(27,28)23-12-18(25)24-17(20(26)29-2)11-14-5-7-15(8-6-14)19(21)22/h3-10,17,23H,11-12H2,1-2H3,(H3,21,22)(H,24,25). The maximum absolute atomic E-state index is 12.3. The number of amides is 1. The fourth-order valence-corrected chi connectivity index (χ4v) is 3.58. The molecule has 0 saturated heterocycles. The van der Waals surface area contributed by atoms with Crippen LogP contribution in [-0.2, 0) is 30.8 Å². The highest BCUT2D eigenvalue weighted by Crippen LogP contribution is 2.10. The number of hydrogen-bond donors (Lipinski definition) is 4. The lowest BCUT2D eigenvalue weighted by atomic mass is 10.0. The van der Waals surface area contributed by atoms with Crippen LogP contribution in [0.2, 0.25) is 0 Å². The number of nitrogen functional groups attached to an aromatic ring is 1. The van der Waals surface area contributed by atoms with Crippen LogP contribution in [0.3, 0.4) is 0 Å². The number of amidine groups is 1. The van der Waals surface area contributed by atoms with E-state index in [4.69, 9.17) is 15.9 Å². The Labute approximate surface area is 175 Å². The third kappa shape index (κ3) is 6.39. The van der Waals surface area contributed by atoms with Crippen molar-refractivity contribution in [1.82, 2.24) is 10.0 Å². The molecule has 0 saturated carbocycles. The molecule has 0 fully saturated rings. The average molecular weight is 433 g/mol. The van der Waals surface area contributed by atoms with Crippen molar-refractivity contribution in [3.05, 3.63) is 65.2 Å². The van der Waals surface area contributed by atoms with Crippen molar-refractivity contribution < 1.29 is 22.7 Å². The second kappa shape index (κ2) is 9.99. The van der Waals surface area contributed by atoms with Crippen LogP contribution >= 0.6 is 0 Å². The third-order valence-corrected chi connectivity index (χ3v) is 5.70. The number of carbonyl (C=O) groups is 2. The highest BCUT2D eigenvalue weighted by atomic mass is 32.2. The molecule has 0 aliphatic carbocycles. The number of nitrogens with one attached hydrogen (secondary N) is 3. The zero-order valence-corrected chi connectivity index (χ0v) is 17.5. The summed E-state index contributed by atoms with van der Waals surface area (Å²) in [6.07, 6.45) is 0.126. The molecule has 2 aromatic rings. The SMILES string of the molecule is COC(=O)C(Cc1ccc(C(=N)N)cc1)NC(=O)CNS(=O)(=O)c1ccc(C)cc1. The summed E-state index contributed by atoms with van der Waals surface area (Å²) in [5.41, 5.74) is 7.56. The van der Waals surface area contributed by atoms with E-state index in [9.17, 15) is 18.0 Å². The summed E-state index contributed by atoms with van der Waals surface area (Å²) in [6.45, 7) is 1.30. The van der Waals surface area contributed by atoms with Crippen LogP contribution in [0, 0.1) is 12.3 Å². The molecule has 1 unspecified atom stereocenters. The molecule has 0 bridgehead atoms. The lowest BCUT2D eigenvalue weighted by Gasteiger charge is -2.17. The third-order valence-electron chi connectivity index (χ3n) is 4.28. The van der Waals surface area contributed by atoms with Crippen LogP contribution in [0.25, 0.3) is 0 Å². The minimum absolute atomic E-state index is 0.0379. The van der Waals surface area contributed by atoms with Crippen LogP contribution < -0.4 is 15.8 Å². The fraction of sp³-hybridized carbons (Fsp3) is 0.250. The smallest absolute Gasteiger partial charge is 0.328 e. The van der Waals surface area contributed by atoms with Crippen LogP contribution in [-0.4, -0.2) is 45.8 Å². The van der Waals surface area contributed by atoms with Crippen LogP contribution in [0.5, 0.6) is 0 Å². The summed E-state index contributed by atoms with van der Waals surface area (Å²) in [7, 11) is -2.67. The molecule has 2 rings (SSSR count). The number of ether oxygens (including phenoxy) is 1. The quantitative estimate of drug-likeness (QED) is 0.257. The Morgan fingerprint density at radius 3 is 2.23 bits per heavy atom. The molecule has 30 heavy (non-hydrogen) atoms. The van der Waals surface area contributed by atoms with Gasteiger partial charge in [-0.05, 0) is 24.6 Å². The molecule has 9 nitrogen and oxygen atoms in total. The summed E-state index contributed by atoms with van der Waals surface area (Å²) in [5.74, 6) is -1.43. The number of methoxy groups -OCH3 is 1. The van der Waals surface area contributed by atoms with Gasteiger partial charge in [-0.25, -0.2) is 17.9 Å². The molecular formula is C20H24N4O5S. The second-order valence-electron chi connectivity index (χ2n) is 6.60. The molecule has 10 heteroatoms. The van der Waals surface area contributed by atoms with Gasteiger partial charge in [0.15, 0.2) is 0 Å². The number of carbonyl (C=O) groups excluding carboxylic acids is 2. The number of rotatable bonds is 9. The molecule has 0 spiro atoms. The minimum atomic E-state index is -3.86. The van der Waals surface area contributed by atoms with Crippen molar-refractivity contribution in [2.45, 2.75) is 24.3 Å². The number of aryl methyl sites for hydroxylation is 1. The van der Waals surface area contributed by atoms with E-state index < -0.39 is 34.5 Å². The van der Waals surface area contributed by atoms with Crippen LogP contribution in [0.1, 0.15) is 16.7 Å². The van der Waals surface area contributed by atoms with E-state index in [0.717, 1.165) is 5.56 Å². The lowest BCUT2D eigenvalue weighted by molar-refractivity contribution is -0.144. The maximum Gasteiger partial charge on any atom is 0.328 e. The monoisotopic (exact) mass is 432 g/mol. The van der Waals surface area contributed by atoms with Crippen LogP contribution in [0.4, 0.5) is 0 Å². The van der Waals surface area contributed by atoms with Gasteiger partial charge >= 0.3 is 5.97 Å². The van der Waals surface area contributed by atoms with Crippen molar-refractivity contribution in [3.63, 3.8) is 0 Å². The van der Waals surface area contributed by atoms with Crippen molar-refractivity contribution in [2.75, 3.05) is 13.7 Å². The van der Waals surface area contributed by atoms with Gasteiger partial charge in [0.1, 0.15) is 11.9 Å². The summed E-state index contributed by atoms with van der Waals surface area (Å²) >= 11 is 0. The normalized spacial score (nSPS) is 12.1. The predicted molar refractivity (Wildman–Crippen MR) is 111 cm³/mol.